The fourth-order valence-electron chi connectivity index (χ4n) is 0.681. The third-order valence-corrected chi connectivity index (χ3v) is 1.14. The number of nitrogens with zero attached hydrogens (tertiary/aromatic N) is 2. The molecule has 1 rings (SSSR count). The average molecular weight is 135 g/mol. The van der Waals surface area contributed by atoms with Crippen molar-refractivity contribution in [2.75, 3.05) is 12.0 Å². The van der Waals surface area contributed by atoms with E-state index in [9.17, 15) is 0 Å². The summed E-state index contributed by atoms with van der Waals surface area (Å²) in [5.74, 6) is 0. The summed E-state index contributed by atoms with van der Waals surface area (Å²) in [5, 5.41) is 8.20. The van der Waals surface area contributed by atoms with Gasteiger partial charge in [0.25, 0.3) is 0 Å². The van der Waals surface area contributed by atoms with Crippen LogP contribution < -0.4 is 5.43 Å². The maximum atomic E-state index is 8.20. The quantitative estimate of drug-likeness (QED) is 0.627. The Morgan fingerprint density at radius 1 is 1.40 bits per heavy atom. The van der Waals surface area contributed by atoms with Crippen LogP contribution in [0.1, 0.15) is 6.42 Å². The maximum Gasteiger partial charge on any atom is 0.0640 e. The molecule has 52 valence electrons. The Balaban J connectivity index is 2.23. The molecule has 0 fully saturated rings. The average Bonchev–Trinajstić information content (AvgIpc) is 2.41. The molecule has 0 aliphatic rings. The zero-order valence-corrected chi connectivity index (χ0v) is 5.62. The molecule has 0 spiro atoms. The number of rotatable bonds is 3. The van der Waals surface area contributed by atoms with Gasteiger partial charge in [-0.2, -0.15) is 5.26 Å². The lowest BCUT2D eigenvalue weighted by atomic mass is 10.5. The minimum absolute atomic E-state index is 0.540. The van der Waals surface area contributed by atoms with Crippen molar-refractivity contribution in [1.29, 1.82) is 5.26 Å². The van der Waals surface area contributed by atoms with E-state index in [2.05, 4.69) is 11.5 Å². The Labute approximate surface area is 59.9 Å². The van der Waals surface area contributed by atoms with Crippen LogP contribution in [0.25, 0.3) is 0 Å². The molecule has 0 aliphatic carbocycles. The van der Waals surface area contributed by atoms with E-state index >= 15 is 0 Å². The second-order valence-electron chi connectivity index (χ2n) is 1.91. The smallest absolute Gasteiger partial charge is 0.0640 e. The van der Waals surface area contributed by atoms with E-state index in [0.717, 1.165) is 0 Å². The van der Waals surface area contributed by atoms with Gasteiger partial charge in [-0.15, -0.1) is 0 Å². The van der Waals surface area contributed by atoms with E-state index < -0.39 is 0 Å². The zero-order valence-electron chi connectivity index (χ0n) is 5.62. The van der Waals surface area contributed by atoms with Crippen LogP contribution in [0.5, 0.6) is 0 Å². The van der Waals surface area contributed by atoms with E-state index in [1.807, 2.05) is 29.2 Å². The molecule has 1 aromatic rings. The fourth-order valence-corrected chi connectivity index (χ4v) is 0.681. The summed E-state index contributed by atoms with van der Waals surface area (Å²) in [6.07, 6.45) is 4.34. The van der Waals surface area contributed by atoms with E-state index in [4.69, 9.17) is 5.26 Å². The highest BCUT2D eigenvalue weighted by molar-refractivity contribution is 4.93. The van der Waals surface area contributed by atoms with Crippen LogP contribution in [0.15, 0.2) is 24.5 Å². The summed E-state index contributed by atoms with van der Waals surface area (Å²) >= 11 is 0. The number of hydrogen-bond acceptors (Lipinski definition) is 2. The normalized spacial score (nSPS) is 8.70. The SMILES string of the molecule is N#CCCNn1cccc1. The molecule has 0 amide bonds. The van der Waals surface area contributed by atoms with Gasteiger partial charge in [0.15, 0.2) is 0 Å². The van der Waals surface area contributed by atoms with Gasteiger partial charge in [-0.05, 0) is 12.1 Å². The monoisotopic (exact) mass is 135 g/mol. The third kappa shape index (κ3) is 1.82. The minimum Gasteiger partial charge on any atom is -0.325 e. The predicted molar refractivity (Wildman–Crippen MR) is 38.9 cm³/mol. The molecule has 0 aromatic carbocycles. The van der Waals surface area contributed by atoms with Crippen molar-refractivity contribution in [3.63, 3.8) is 0 Å². The summed E-state index contributed by atoms with van der Waals surface area (Å²) < 4.78 is 1.83. The first-order valence-electron chi connectivity index (χ1n) is 3.17. The Hall–Kier alpha value is -1.43. The molecule has 3 heteroatoms. The Kier molecular flexibility index (Phi) is 2.39. The zero-order chi connectivity index (χ0) is 7.23. The molecule has 0 bridgehead atoms. The van der Waals surface area contributed by atoms with Gasteiger partial charge in [0.1, 0.15) is 0 Å². The van der Waals surface area contributed by atoms with Crippen LogP contribution >= 0.6 is 0 Å². The largest absolute Gasteiger partial charge is 0.325 e. The first-order valence-corrected chi connectivity index (χ1v) is 3.17. The molecule has 0 aliphatic heterocycles. The van der Waals surface area contributed by atoms with Gasteiger partial charge in [-0.1, -0.05) is 0 Å². The second-order valence-corrected chi connectivity index (χ2v) is 1.91. The van der Waals surface area contributed by atoms with Gasteiger partial charge in [-0.3, -0.25) is 4.68 Å². The molecule has 0 saturated heterocycles. The molecule has 1 N–H and O–H groups in total. The Morgan fingerprint density at radius 3 is 2.70 bits per heavy atom. The van der Waals surface area contributed by atoms with Gasteiger partial charge in [-0.25, -0.2) is 0 Å². The van der Waals surface area contributed by atoms with Crippen molar-refractivity contribution in [2.45, 2.75) is 6.42 Å². The van der Waals surface area contributed by atoms with Gasteiger partial charge in [0.2, 0.25) is 0 Å². The molecule has 1 aromatic heterocycles. The summed E-state index contributed by atoms with van der Waals surface area (Å²) in [4.78, 5) is 0. The van der Waals surface area contributed by atoms with Gasteiger partial charge in [0.05, 0.1) is 12.5 Å². The molecule has 10 heavy (non-hydrogen) atoms. The van der Waals surface area contributed by atoms with E-state index in [1.165, 1.54) is 0 Å². The van der Waals surface area contributed by atoms with Crippen LogP contribution in [-0.2, 0) is 0 Å². The molecule has 3 nitrogen and oxygen atoms in total. The van der Waals surface area contributed by atoms with E-state index in [1.54, 1.807) is 0 Å². The van der Waals surface area contributed by atoms with Gasteiger partial charge >= 0.3 is 0 Å². The number of aromatic nitrogens is 1. The molecule has 0 unspecified atom stereocenters. The van der Waals surface area contributed by atoms with Gasteiger partial charge < -0.3 is 5.43 Å². The van der Waals surface area contributed by atoms with Crippen molar-refractivity contribution >= 4 is 0 Å². The first kappa shape index (κ1) is 6.69. The Bertz CT molecular complexity index is 207. The molecular weight excluding hydrogens is 126 g/mol. The minimum atomic E-state index is 0.540. The molecule has 0 saturated carbocycles. The van der Waals surface area contributed by atoms with Crippen LogP contribution in [0, 0.1) is 11.3 Å². The lowest BCUT2D eigenvalue weighted by Gasteiger charge is -2.02. The predicted octanol–water partition coefficient (Wildman–Crippen LogP) is 0.945. The lowest BCUT2D eigenvalue weighted by Crippen LogP contribution is -2.12. The lowest BCUT2D eigenvalue weighted by molar-refractivity contribution is 0.842. The van der Waals surface area contributed by atoms with Crippen molar-refractivity contribution in [3.05, 3.63) is 24.5 Å². The fraction of sp³-hybridized carbons (Fsp3) is 0.286. The number of nitrogens with one attached hydrogen (secondary N) is 1. The van der Waals surface area contributed by atoms with Crippen LogP contribution in [0.4, 0.5) is 0 Å². The number of nitriles is 1. The second kappa shape index (κ2) is 3.57. The summed E-state index contributed by atoms with van der Waals surface area (Å²) in [6.45, 7) is 0.700. The van der Waals surface area contributed by atoms with Crippen molar-refractivity contribution in [2.24, 2.45) is 0 Å². The summed E-state index contributed by atoms with van der Waals surface area (Å²) in [6, 6.07) is 5.91. The van der Waals surface area contributed by atoms with Gasteiger partial charge in [0, 0.05) is 18.9 Å². The number of hydrogen-bond donors (Lipinski definition) is 1. The standard InChI is InChI=1S/C7H9N3/c8-4-3-5-9-10-6-1-2-7-10/h1-2,6-7,9H,3,5H2. The van der Waals surface area contributed by atoms with Crippen molar-refractivity contribution < 1.29 is 0 Å². The highest BCUT2D eigenvalue weighted by atomic mass is 15.4. The van der Waals surface area contributed by atoms with Crippen molar-refractivity contribution in [3.8, 4) is 6.07 Å². The molecule has 0 radical (unpaired) electrons. The van der Waals surface area contributed by atoms with Crippen LogP contribution in [0.3, 0.4) is 0 Å². The highest BCUT2D eigenvalue weighted by Crippen LogP contribution is 1.84. The summed E-state index contributed by atoms with van der Waals surface area (Å²) in [5.41, 5.74) is 3.02. The summed E-state index contributed by atoms with van der Waals surface area (Å²) in [7, 11) is 0. The van der Waals surface area contributed by atoms with Crippen LogP contribution in [-0.4, -0.2) is 11.2 Å². The van der Waals surface area contributed by atoms with E-state index in [-0.39, 0.29) is 0 Å². The third-order valence-electron chi connectivity index (χ3n) is 1.14. The Morgan fingerprint density at radius 2 is 2.10 bits per heavy atom. The van der Waals surface area contributed by atoms with E-state index in [0.29, 0.717) is 13.0 Å². The van der Waals surface area contributed by atoms with Crippen molar-refractivity contribution in [1.82, 2.24) is 4.68 Å². The molecular formula is C7H9N3. The topological polar surface area (TPSA) is 40.8 Å². The molecule has 0 atom stereocenters. The molecule has 1 heterocycles. The maximum absolute atomic E-state index is 8.20. The first-order chi connectivity index (χ1) is 4.93. The highest BCUT2D eigenvalue weighted by Gasteiger charge is 1.83. The van der Waals surface area contributed by atoms with Crippen LogP contribution in [0.2, 0.25) is 0 Å².